The summed E-state index contributed by atoms with van der Waals surface area (Å²) in [7, 11) is 0. The molecule has 3 aromatic rings. The lowest BCUT2D eigenvalue weighted by Gasteiger charge is -2.00. The van der Waals surface area contributed by atoms with Gasteiger partial charge in [-0.05, 0) is 6.07 Å². The summed E-state index contributed by atoms with van der Waals surface area (Å²) >= 11 is 1.19. The average Bonchev–Trinajstić information content (AvgIpc) is 3.05. The number of anilines is 1. The van der Waals surface area contributed by atoms with Crippen molar-refractivity contribution in [2.75, 3.05) is 5.73 Å². The summed E-state index contributed by atoms with van der Waals surface area (Å²) < 4.78 is 4.57. The second-order valence-corrected chi connectivity index (χ2v) is 4.62. The zero-order valence-electron chi connectivity index (χ0n) is 9.53. The van der Waals surface area contributed by atoms with Gasteiger partial charge in [-0.1, -0.05) is 5.16 Å². The van der Waals surface area contributed by atoms with Crippen LogP contribution in [0.25, 0.3) is 10.2 Å². The van der Waals surface area contributed by atoms with E-state index in [1.165, 1.54) is 23.9 Å². The lowest BCUT2D eigenvalue weighted by atomic mass is 10.3. The molecule has 0 aliphatic heterocycles. The first kappa shape index (κ1) is 11.5. The summed E-state index contributed by atoms with van der Waals surface area (Å²) in [6, 6.07) is 1.73. The van der Waals surface area contributed by atoms with Crippen molar-refractivity contribution >= 4 is 33.1 Å². The summed E-state index contributed by atoms with van der Waals surface area (Å²) in [5.74, 6) is 0.0955. The third kappa shape index (κ3) is 2.10. The van der Waals surface area contributed by atoms with E-state index in [0.717, 1.165) is 5.39 Å². The van der Waals surface area contributed by atoms with E-state index in [-0.39, 0.29) is 12.5 Å². The van der Waals surface area contributed by atoms with Gasteiger partial charge in [0.2, 0.25) is 6.39 Å². The molecule has 0 atom stereocenters. The first-order chi connectivity index (χ1) is 9.25. The molecule has 3 heterocycles. The van der Waals surface area contributed by atoms with Crippen molar-refractivity contribution < 1.29 is 9.32 Å². The van der Waals surface area contributed by atoms with Crippen molar-refractivity contribution in [2.45, 2.75) is 6.54 Å². The van der Waals surface area contributed by atoms with E-state index in [4.69, 9.17) is 5.73 Å². The molecular weight excluding hydrogens is 268 g/mol. The molecule has 0 spiro atoms. The molecular formula is C10H8N6O2S. The van der Waals surface area contributed by atoms with Crippen LogP contribution >= 0.6 is 11.3 Å². The van der Waals surface area contributed by atoms with Gasteiger partial charge >= 0.3 is 0 Å². The van der Waals surface area contributed by atoms with E-state index in [1.54, 1.807) is 6.07 Å². The van der Waals surface area contributed by atoms with Crippen molar-refractivity contribution in [3.8, 4) is 0 Å². The number of hydrogen-bond acceptors (Lipinski definition) is 8. The van der Waals surface area contributed by atoms with Crippen molar-refractivity contribution in [1.82, 2.24) is 25.7 Å². The maximum atomic E-state index is 12.0. The van der Waals surface area contributed by atoms with E-state index in [2.05, 4.69) is 30.2 Å². The second kappa shape index (κ2) is 4.61. The number of fused-ring (bicyclic) bond motifs is 1. The quantitative estimate of drug-likeness (QED) is 0.718. The Balaban J connectivity index is 1.83. The van der Waals surface area contributed by atoms with Crippen LogP contribution in [0.3, 0.4) is 0 Å². The molecule has 1 amide bonds. The van der Waals surface area contributed by atoms with Gasteiger partial charge in [-0.2, -0.15) is 10.1 Å². The van der Waals surface area contributed by atoms with Crippen molar-refractivity contribution in [1.29, 1.82) is 0 Å². The Morgan fingerprint density at radius 1 is 1.53 bits per heavy atom. The number of aromatic nitrogens is 4. The predicted octanol–water partition coefficient (Wildman–Crippen LogP) is 0.586. The topological polar surface area (TPSA) is 120 Å². The Hall–Kier alpha value is -2.55. The Labute approximate surface area is 110 Å². The van der Waals surface area contributed by atoms with Crippen LogP contribution in [0, 0.1) is 0 Å². The fourth-order valence-electron chi connectivity index (χ4n) is 1.55. The minimum absolute atomic E-state index is 0.175. The highest BCUT2D eigenvalue weighted by Gasteiger charge is 2.17. The summed E-state index contributed by atoms with van der Waals surface area (Å²) in [6.07, 6.45) is 2.73. The first-order valence-electron chi connectivity index (χ1n) is 5.29. The van der Waals surface area contributed by atoms with Gasteiger partial charge < -0.3 is 15.6 Å². The highest BCUT2D eigenvalue weighted by atomic mass is 32.1. The summed E-state index contributed by atoms with van der Waals surface area (Å²) in [5.41, 5.74) is 6.32. The summed E-state index contributed by atoms with van der Waals surface area (Å²) in [6.45, 7) is 0.175. The number of rotatable bonds is 3. The molecule has 0 fully saturated rings. The number of nitrogen functional groups attached to an aromatic ring is 1. The Morgan fingerprint density at radius 2 is 2.42 bits per heavy atom. The lowest BCUT2D eigenvalue weighted by molar-refractivity contribution is 0.0954. The van der Waals surface area contributed by atoms with Crippen LogP contribution < -0.4 is 11.1 Å². The maximum Gasteiger partial charge on any atom is 0.263 e. The van der Waals surface area contributed by atoms with Crippen LogP contribution in [0.1, 0.15) is 15.5 Å². The van der Waals surface area contributed by atoms with Gasteiger partial charge in [-0.15, -0.1) is 16.4 Å². The monoisotopic (exact) mass is 276 g/mol. The lowest BCUT2D eigenvalue weighted by Crippen LogP contribution is -2.23. The van der Waals surface area contributed by atoms with E-state index in [0.29, 0.717) is 21.2 Å². The fraction of sp³-hybridized carbons (Fsp3) is 0.100. The van der Waals surface area contributed by atoms with Crippen LogP contribution in [0.5, 0.6) is 0 Å². The third-order valence-corrected chi connectivity index (χ3v) is 3.54. The minimum Gasteiger partial charge on any atom is -0.397 e. The molecule has 3 aromatic heterocycles. The van der Waals surface area contributed by atoms with Crippen LogP contribution in [-0.4, -0.2) is 26.2 Å². The van der Waals surface area contributed by atoms with Gasteiger partial charge in [0, 0.05) is 5.39 Å². The zero-order chi connectivity index (χ0) is 13.2. The number of carbonyl (C=O) groups is 1. The molecule has 0 aliphatic carbocycles. The summed E-state index contributed by atoms with van der Waals surface area (Å²) in [5, 5.41) is 14.7. The molecule has 0 bridgehead atoms. The van der Waals surface area contributed by atoms with Crippen molar-refractivity contribution in [3.05, 3.63) is 29.4 Å². The molecule has 96 valence electrons. The molecule has 3 N–H and O–H groups in total. The van der Waals surface area contributed by atoms with Gasteiger partial charge in [0.25, 0.3) is 5.91 Å². The predicted molar refractivity (Wildman–Crippen MR) is 67.3 cm³/mol. The zero-order valence-corrected chi connectivity index (χ0v) is 10.3. The smallest absolute Gasteiger partial charge is 0.263 e. The number of amides is 1. The van der Waals surface area contributed by atoms with Gasteiger partial charge in [0.05, 0.1) is 18.4 Å². The van der Waals surface area contributed by atoms with Crippen molar-refractivity contribution in [3.63, 3.8) is 0 Å². The molecule has 0 radical (unpaired) electrons. The number of nitrogens with two attached hydrogens (primary N) is 1. The van der Waals surface area contributed by atoms with Crippen molar-refractivity contribution in [2.24, 2.45) is 0 Å². The molecule has 0 saturated carbocycles. The van der Waals surface area contributed by atoms with E-state index < -0.39 is 0 Å². The van der Waals surface area contributed by atoms with Gasteiger partial charge in [0.15, 0.2) is 5.82 Å². The molecule has 8 nitrogen and oxygen atoms in total. The molecule has 19 heavy (non-hydrogen) atoms. The van der Waals surface area contributed by atoms with Gasteiger partial charge in [-0.25, -0.2) is 0 Å². The number of thiophene rings is 1. The number of hydrogen-bond donors (Lipinski definition) is 2. The number of nitrogens with zero attached hydrogens (tertiary/aromatic N) is 4. The number of nitrogens with one attached hydrogen (secondary N) is 1. The fourth-order valence-corrected chi connectivity index (χ4v) is 2.51. The maximum absolute atomic E-state index is 12.0. The Morgan fingerprint density at radius 3 is 3.16 bits per heavy atom. The van der Waals surface area contributed by atoms with E-state index >= 15 is 0 Å². The number of carbonyl (C=O) groups excluding carboxylic acids is 1. The molecule has 0 saturated heterocycles. The normalized spacial score (nSPS) is 10.7. The largest absolute Gasteiger partial charge is 0.397 e. The third-order valence-electron chi connectivity index (χ3n) is 2.44. The molecule has 0 aliphatic rings. The first-order valence-corrected chi connectivity index (χ1v) is 6.10. The summed E-state index contributed by atoms with van der Waals surface area (Å²) in [4.78, 5) is 16.9. The van der Waals surface area contributed by atoms with Gasteiger partial charge in [0.1, 0.15) is 9.71 Å². The average molecular weight is 276 g/mol. The van der Waals surface area contributed by atoms with E-state index in [9.17, 15) is 4.79 Å². The van der Waals surface area contributed by atoms with E-state index in [1.807, 2.05) is 0 Å². The minimum atomic E-state index is -0.301. The molecule has 9 heteroatoms. The van der Waals surface area contributed by atoms with Gasteiger partial charge in [-0.3, -0.25) is 4.79 Å². The standard InChI is InChI=1S/C10H8N6O2S/c11-7-5-1-2-14-15-10(5)19-8(7)9(17)12-3-6-13-4-18-16-6/h1-2,4H,3,11H2,(H,12,17). The highest BCUT2D eigenvalue weighted by molar-refractivity contribution is 7.21. The van der Waals surface area contributed by atoms with Crippen LogP contribution in [0.4, 0.5) is 5.69 Å². The molecule has 0 unspecified atom stereocenters. The Bertz CT molecular complexity index is 723. The molecule has 0 aromatic carbocycles. The van der Waals surface area contributed by atoms with Crippen LogP contribution in [0.2, 0.25) is 0 Å². The van der Waals surface area contributed by atoms with Crippen LogP contribution in [0.15, 0.2) is 23.2 Å². The Kier molecular flexibility index (Phi) is 2.80. The van der Waals surface area contributed by atoms with Crippen LogP contribution in [-0.2, 0) is 6.54 Å². The SMILES string of the molecule is Nc1c(C(=O)NCc2ncon2)sc2nnccc12. The highest BCUT2D eigenvalue weighted by Crippen LogP contribution is 2.31. The second-order valence-electron chi connectivity index (χ2n) is 3.63. The molecule has 3 rings (SSSR count).